The first-order chi connectivity index (χ1) is 12.5. The Morgan fingerprint density at radius 2 is 1.85 bits per heavy atom. The molecule has 1 aliphatic carbocycles. The van der Waals surface area contributed by atoms with Crippen LogP contribution in [0.3, 0.4) is 0 Å². The topological polar surface area (TPSA) is 67.4 Å². The van der Waals surface area contributed by atoms with Crippen LogP contribution in [0.2, 0.25) is 0 Å². The molecule has 2 aromatic carbocycles. The number of carbonyl (C=O) groups is 2. The Morgan fingerprint density at radius 3 is 2.50 bits per heavy atom. The highest BCUT2D eigenvalue weighted by Crippen LogP contribution is 2.30. The van der Waals surface area contributed by atoms with Gasteiger partial charge < -0.3 is 15.4 Å². The summed E-state index contributed by atoms with van der Waals surface area (Å²) in [5.74, 6) is -0.282. The number of nitrogens with one attached hydrogen (secondary N) is 2. The van der Waals surface area contributed by atoms with Crippen molar-refractivity contribution in [2.45, 2.75) is 26.0 Å². The molecule has 0 aliphatic heterocycles. The van der Waals surface area contributed by atoms with Gasteiger partial charge in [0.25, 0.3) is 5.91 Å². The SMILES string of the molecule is O=C(NCc1ccc(NC(=O)C2CC2)cc1)c1cccc(OC(F)F)c1. The van der Waals surface area contributed by atoms with Crippen molar-refractivity contribution in [3.63, 3.8) is 0 Å². The molecule has 7 heteroatoms. The van der Waals surface area contributed by atoms with Crippen molar-refractivity contribution in [2.75, 3.05) is 5.32 Å². The number of ether oxygens (including phenoxy) is 1. The van der Waals surface area contributed by atoms with Crippen molar-refractivity contribution in [3.05, 3.63) is 59.7 Å². The van der Waals surface area contributed by atoms with Gasteiger partial charge in [-0.2, -0.15) is 8.78 Å². The molecule has 136 valence electrons. The summed E-state index contributed by atoms with van der Waals surface area (Å²) in [6, 6.07) is 12.8. The van der Waals surface area contributed by atoms with Crippen molar-refractivity contribution in [1.29, 1.82) is 0 Å². The van der Waals surface area contributed by atoms with Crippen LogP contribution in [-0.2, 0) is 11.3 Å². The van der Waals surface area contributed by atoms with Crippen LogP contribution in [0.25, 0.3) is 0 Å². The Hall–Kier alpha value is -2.96. The van der Waals surface area contributed by atoms with Crippen LogP contribution in [0.4, 0.5) is 14.5 Å². The van der Waals surface area contributed by atoms with E-state index in [-0.39, 0.29) is 29.7 Å². The first-order valence-corrected chi connectivity index (χ1v) is 8.24. The van der Waals surface area contributed by atoms with Gasteiger partial charge in [0.15, 0.2) is 0 Å². The Morgan fingerprint density at radius 1 is 1.12 bits per heavy atom. The van der Waals surface area contributed by atoms with Crippen molar-refractivity contribution >= 4 is 17.5 Å². The van der Waals surface area contributed by atoms with Gasteiger partial charge in [0, 0.05) is 23.7 Å². The van der Waals surface area contributed by atoms with Crippen LogP contribution in [0.1, 0.15) is 28.8 Å². The molecule has 2 aromatic rings. The maximum absolute atomic E-state index is 12.2. The lowest BCUT2D eigenvalue weighted by Crippen LogP contribution is -2.22. The van der Waals surface area contributed by atoms with Crippen LogP contribution in [-0.4, -0.2) is 18.4 Å². The first kappa shape index (κ1) is 17.8. The first-order valence-electron chi connectivity index (χ1n) is 8.24. The van der Waals surface area contributed by atoms with Crippen molar-refractivity contribution < 1.29 is 23.1 Å². The van der Waals surface area contributed by atoms with E-state index in [1.807, 2.05) is 0 Å². The maximum atomic E-state index is 12.2. The summed E-state index contributed by atoms with van der Waals surface area (Å²) in [4.78, 5) is 23.8. The van der Waals surface area contributed by atoms with Crippen LogP contribution < -0.4 is 15.4 Å². The molecule has 0 aromatic heterocycles. The zero-order valence-corrected chi connectivity index (χ0v) is 13.9. The van der Waals surface area contributed by atoms with Crippen molar-refractivity contribution in [2.24, 2.45) is 5.92 Å². The Labute approximate surface area is 149 Å². The lowest BCUT2D eigenvalue weighted by molar-refractivity contribution is -0.117. The zero-order valence-electron chi connectivity index (χ0n) is 13.9. The predicted molar refractivity (Wildman–Crippen MR) is 92.0 cm³/mol. The van der Waals surface area contributed by atoms with E-state index in [0.29, 0.717) is 5.69 Å². The standard InChI is InChI=1S/C19H18F2N2O3/c20-19(21)26-16-3-1-2-14(10-16)17(24)22-11-12-4-8-15(9-5-12)23-18(25)13-6-7-13/h1-5,8-10,13,19H,6-7,11H2,(H,22,24)(H,23,25). The lowest BCUT2D eigenvalue weighted by Gasteiger charge is -2.09. The highest BCUT2D eigenvalue weighted by molar-refractivity contribution is 5.95. The second kappa shape index (κ2) is 7.95. The molecule has 0 radical (unpaired) electrons. The summed E-state index contributed by atoms with van der Waals surface area (Å²) in [6.07, 6.45) is 1.89. The van der Waals surface area contributed by atoms with E-state index in [4.69, 9.17) is 0 Å². The smallest absolute Gasteiger partial charge is 0.387 e. The molecule has 2 amide bonds. The summed E-state index contributed by atoms with van der Waals surface area (Å²) < 4.78 is 28.8. The lowest BCUT2D eigenvalue weighted by atomic mass is 10.1. The molecule has 1 aliphatic rings. The molecule has 0 unspecified atom stereocenters. The predicted octanol–water partition coefficient (Wildman–Crippen LogP) is 3.57. The Balaban J connectivity index is 1.53. The van der Waals surface area contributed by atoms with Gasteiger partial charge in [-0.1, -0.05) is 18.2 Å². The van der Waals surface area contributed by atoms with Crippen molar-refractivity contribution in [3.8, 4) is 5.75 Å². The minimum Gasteiger partial charge on any atom is -0.435 e. The third-order valence-corrected chi connectivity index (χ3v) is 3.94. The molecule has 0 spiro atoms. The molecule has 26 heavy (non-hydrogen) atoms. The van der Waals surface area contributed by atoms with E-state index < -0.39 is 12.5 Å². The average Bonchev–Trinajstić information content (AvgIpc) is 3.46. The van der Waals surface area contributed by atoms with E-state index in [1.165, 1.54) is 24.3 Å². The largest absolute Gasteiger partial charge is 0.435 e. The van der Waals surface area contributed by atoms with Crippen molar-refractivity contribution in [1.82, 2.24) is 5.32 Å². The van der Waals surface area contributed by atoms with Gasteiger partial charge >= 0.3 is 6.61 Å². The fourth-order valence-corrected chi connectivity index (χ4v) is 2.39. The molecule has 0 heterocycles. The minimum atomic E-state index is -2.94. The zero-order chi connectivity index (χ0) is 18.5. The number of rotatable bonds is 7. The molecule has 3 rings (SSSR count). The third kappa shape index (κ3) is 5.02. The molecule has 0 saturated heterocycles. The number of carbonyl (C=O) groups excluding carboxylic acids is 2. The van der Waals surface area contributed by atoms with Crippen LogP contribution in [0, 0.1) is 5.92 Å². The van der Waals surface area contributed by atoms with E-state index in [0.717, 1.165) is 18.4 Å². The van der Waals surface area contributed by atoms with Gasteiger partial charge in [0.2, 0.25) is 5.91 Å². The van der Waals surface area contributed by atoms with Gasteiger partial charge in [0.1, 0.15) is 5.75 Å². The normalized spacial score (nSPS) is 13.3. The van der Waals surface area contributed by atoms with Gasteiger partial charge in [-0.15, -0.1) is 0 Å². The van der Waals surface area contributed by atoms with Gasteiger partial charge in [-0.3, -0.25) is 9.59 Å². The fraction of sp³-hybridized carbons (Fsp3) is 0.263. The Bertz CT molecular complexity index is 790. The van der Waals surface area contributed by atoms with Crippen LogP contribution >= 0.6 is 0 Å². The van der Waals surface area contributed by atoms with Gasteiger partial charge in [0.05, 0.1) is 0 Å². The summed E-state index contributed by atoms with van der Waals surface area (Å²) in [5.41, 5.74) is 1.80. The number of benzene rings is 2. The summed E-state index contributed by atoms with van der Waals surface area (Å²) in [5, 5.41) is 5.56. The number of alkyl halides is 2. The van der Waals surface area contributed by atoms with E-state index in [2.05, 4.69) is 15.4 Å². The number of anilines is 1. The summed E-state index contributed by atoms with van der Waals surface area (Å²) >= 11 is 0. The molecule has 5 nitrogen and oxygen atoms in total. The third-order valence-electron chi connectivity index (χ3n) is 3.94. The van der Waals surface area contributed by atoms with Gasteiger partial charge in [-0.05, 0) is 48.7 Å². The molecule has 1 fully saturated rings. The van der Waals surface area contributed by atoms with Gasteiger partial charge in [-0.25, -0.2) is 0 Å². The average molecular weight is 360 g/mol. The molecular weight excluding hydrogens is 342 g/mol. The van der Waals surface area contributed by atoms with E-state index >= 15 is 0 Å². The number of hydrogen-bond acceptors (Lipinski definition) is 3. The second-order valence-corrected chi connectivity index (χ2v) is 6.05. The minimum absolute atomic E-state index is 0.0388. The maximum Gasteiger partial charge on any atom is 0.387 e. The monoisotopic (exact) mass is 360 g/mol. The Kier molecular flexibility index (Phi) is 5.46. The van der Waals surface area contributed by atoms with E-state index in [1.54, 1.807) is 24.3 Å². The highest BCUT2D eigenvalue weighted by atomic mass is 19.3. The second-order valence-electron chi connectivity index (χ2n) is 6.05. The number of hydrogen-bond donors (Lipinski definition) is 2. The van der Waals surface area contributed by atoms with Crippen LogP contribution in [0.15, 0.2) is 48.5 Å². The molecule has 2 N–H and O–H groups in total. The molecular formula is C19H18F2N2O3. The van der Waals surface area contributed by atoms with E-state index in [9.17, 15) is 18.4 Å². The fourth-order valence-electron chi connectivity index (χ4n) is 2.39. The number of amides is 2. The molecule has 1 saturated carbocycles. The molecule has 0 bridgehead atoms. The summed E-state index contributed by atoms with van der Waals surface area (Å²) in [6.45, 7) is -2.66. The molecule has 0 atom stereocenters. The number of halogens is 2. The highest BCUT2D eigenvalue weighted by Gasteiger charge is 2.29. The van der Waals surface area contributed by atoms with Crippen LogP contribution in [0.5, 0.6) is 5.75 Å². The summed E-state index contributed by atoms with van der Waals surface area (Å²) in [7, 11) is 0. The quantitative estimate of drug-likeness (QED) is 0.793.